The Morgan fingerprint density at radius 3 is 2.54 bits per heavy atom. The van der Waals surface area contributed by atoms with Crippen molar-refractivity contribution in [3.63, 3.8) is 0 Å². The number of rotatable bonds is 6. The molecule has 0 saturated heterocycles. The number of aryl methyl sites for hydroxylation is 1. The van der Waals surface area contributed by atoms with Crippen LogP contribution < -0.4 is 4.90 Å². The average Bonchev–Trinajstić information content (AvgIpc) is 3.07. The predicted molar refractivity (Wildman–Crippen MR) is 110 cm³/mol. The van der Waals surface area contributed by atoms with Gasteiger partial charge in [-0.05, 0) is 51.6 Å². The smallest absolute Gasteiger partial charge is 0.241 e. The maximum Gasteiger partial charge on any atom is 0.241 e. The lowest BCUT2D eigenvalue weighted by molar-refractivity contribution is -0.119. The van der Waals surface area contributed by atoms with E-state index in [1.165, 1.54) is 4.70 Å². The van der Waals surface area contributed by atoms with E-state index in [1.54, 1.807) is 11.3 Å². The minimum atomic E-state index is 0.0897. The lowest BCUT2D eigenvalue weighted by Gasteiger charge is -2.28. The van der Waals surface area contributed by atoms with Gasteiger partial charge in [0.25, 0.3) is 0 Å². The second kappa shape index (κ2) is 7.98. The molecule has 0 fully saturated rings. The molecular weight excluding hydrogens is 342 g/mol. The number of aromatic nitrogens is 1. The minimum Gasteiger partial charge on any atom is -0.311 e. The van der Waals surface area contributed by atoms with E-state index in [1.807, 2.05) is 68.3 Å². The van der Waals surface area contributed by atoms with Crippen molar-refractivity contribution in [2.75, 3.05) is 25.0 Å². The van der Waals surface area contributed by atoms with Gasteiger partial charge in [-0.1, -0.05) is 30.3 Å². The van der Waals surface area contributed by atoms with Gasteiger partial charge in [0.1, 0.15) is 5.01 Å². The van der Waals surface area contributed by atoms with Gasteiger partial charge in [-0.3, -0.25) is 9.69 Å². The molecule has 3 aromatic rings. The van der Waals surface area contributed by atoms with Gasteiger partial charge in [0.05, 0.1) is 22.8 Å². The Hall–Kier alpha value is -2.24. The largest absolute Gasteiger partial charge is 0.311 e. The first-order valence-electron chi connectivity index (χ1n) is 8.93. The summed E-state index contributed by atoms with van der Waals surface area (Å²) in [5.41, 5.74) is 3.12. The Bertz CT molecular complexity index is 872. The Morgan fingerprint density at radius 1 is 1.15 bits per heavy atom. The van der Waals surface area contributed by atoms with Crippen LogP contribution in [0.4, 0.5) is 5.69 Å². The number of para-hydroxylation sites is 2. The van der Waals surface area contributed by atoms with Crippen LogP contribution in [0.15, 0.2) is 48.5 Å². The number of fused-ring (bicyclic) bond motifs is 1. The number of thiazole rings is 1. The van der Waals surface area contributed by atoms with E-state index in [4.69, 9.17) is 4.98 Å². The van der Waals surface area contributed by atoms with Gasteiger partial charge in [0.15, 0.2) is 0 Å². The van der Waals surface area contributed by atoms with Crippen molar-refractivity contribution >= 4 is 33.1 Å². The summed E-state index contributed by atoms with van der Waals surface area (Å²) in [5, 5.41) is 1.04. The van der Waals surface area contributed by atoms with Crippen molar-refractivity contribution in [2.45, 2.75) is 26.8 Å². The van der Waals surface area contributed by atoms with Crippen molar-refractivity contribution in [3.8, 4) is 0 Å². The molecule has 0 aliphatic rings. The molecule has 0 spiro atoms. The molecule has 1 atom stereocenters. The number of hydrogen-bond acceptors (Lipinski definition) is 4. The lowest BCUT2D eigenvalue weighted by Crippen LogP contribution is -2.40. The summed E-state index contributed by atoms with van der Waals surface area (Å²) in [4.78, 5) is 21.6. The maximum atomic E-state index is 12.9. The van der Waals surface area contributed by atoms with Gasteiger partial charge in [0, 0.05) is 12.2 Å². The molecule has 0 saturated carbocycles. The molecule has 3 rings (SSSR count). The van der Waals surface area contributed by atoms with Gasteiger partial charge >= 0.3 is 0 Å². The van der Waals surface area contributed by atoms with Gasteiger partial charge < -0.3 is 4.90 Å². The standard InChI is InChI=1S/C21H25N3OS/c1-5-24(18-12-8-6-10-15(18)2)20(25)14-23(4)16(3)21-22-17-11-7-9-13-19(17)26-21/h6-13,16H,5,14H2,1-4H3. The van der Waals surface area contributed by atoms with Crippen LogP contribution in [0.1, 0.15) is 30.5 Å². The molecule has 1 unspecified atom stereocenters. The van der Waals surface area contributed by atoms with E-state index in [2.05, 4.69) is 17.9 Å². The summed E-state index contributed by atoms with van der Waals surface area (Å²) in [5.74, 6) is 0.109. The molecule has 1 amide bonds. The SMILES string of the molecule is CCN(C(=O)CN(C)C(C)c1nc2ccccc2s1)c1ccccc1C. The second-order valence-corrected chi connectivity index (χ2v) is 7.60. The quantitative estimate of drug-likeness (QED) is 0.636. The zero-order valence-electron chi connectivity index (χ0n) is 15.8. The van der Waals surface area contributed by atoms with E-state index < -0.39 is 0 Å². The first kappa shape index (κ1) is 18.5. The monoisotopic (exact) mass is 367 g/mol. The van der Waals surface area contributed by atoms with Crippen LogP contribution in [0.25, 0.3) is 10.2 Å². The minimum absolute atomic E-state index is 0.0897. The first-order valence-corrected chi connectivity index (χ1v) is 9.74. The van der Waals surface area contributed by atoms with Crippen molar-refractivity contribution in [2.24, 2.45) is 0 Å². The molecular formula is C21H25N3OS. The number of likely N-dealkylation sites (N-methyl/N-ethyl adjacent to an activating group) is 2. The third kappa shape index (κ3) is 3.79. The average molecular weight is 368 g/mol. The molecule has 0 bridgehead atoms. The molecule has 136 valence electrons. The molecule has 2 aromatic carbocycles. The number of amides is 1. The summed E-state index contributed by atoms with van der Waals surface area (Å²) in [6.07, 6.45) is 0. The van der Waals surface area contributed by atoms with Gasteiger partial charge in [-0.25, -0.2) is 4.98 Å². The summed E-state index contributed by atoms with van der Waals surface area (Å²) in [7, 11) is 1.99. The maximum absolute atomic E-state index is 12.9. The number of carbonyl (C=O) groups excluding carboxylic acids is 1. The Balaban J connectivity index is 1.74. The first-order chi connectivity index (χ1) is 12.5. The molecule has 0 N–H and O–H groups in total. The third-order valence-electron chi connectivity index (χ3n) is 4.74. The van der Waals surface area contributed by atoms with Crippen LogP contribution in [0, 0.1) is 6.92 Å². The molecule has 0 radical (unpaired) electrons. The van der Waals surface area contributed by atoms with E-state index in [0.29, 0.717) is 13.1 Å². The second-order valence-electron chi connectivity index (χ2n) is 6.54. The zero-order valence-corrected chi connectivity index (χ0v) is 16.6. The fraction of sp³-hybridized carbons (Fsp3) is 0.333. The fourth-order valence-electron chi connectivity index (χ4n) is 3.04. The normalized spacial score (nSPS) is 12.5. The van der Waals surface area contributed by atoms with Crippen LogP contribution in [-0.2, 0) is 4.79 Å². The topological polar surface area (TPSA) is 36.4 Å². The number of nitrogens with zero attached hydrogens (tertiary/aromatic N) is 3. The number of hydrogen-bond donors (Lipinski definition) is 0. The summed E-state index contributed by atoms with van der Waals surface area (Å²) in [6, 6.07) is 16.3. The van der Waals surface area contributed by atoms with Gasteiger partial charge in [-0.2, -0.15) is 0 Å². The highest BCUT2D eigenvalue weighted by Gasteiger charge is 2.22. The third-order valence-corrected chi connectivity index (χ3v) is 5.94. The fourth-order valence-corrected chi connectivity index (χ4v) is 4.12. The highest BCUT2D eigenvalue weighted by molar-refractivity contribution is 7.18. The van der Waals surface area contributed by atoms with Gasteiger partial charge in [-0.15, -0.1) is 11.3 Å². The van der Waals surface area contributed by atoms with E-state index >= 15 is 0 Å². The lowest BCUT2D eigenvalue weighted by atomic mass is 10.1. The Labute approximate surface area is 159 Å². The summed E-state index contributed by atoms with van der Waals surface area (Å²) < 4.78 is 1.18. The zero-order chi connectivity index (χ0) is 18.7. The van der Waals surface area contributed by atoms with Crippen molar-refractivity contribution in [1.82, 2.24) is 9.88 Å². The van der Waals surface area contributed by atoms with Crippen molar-refractivity contribution < 1.29 is 4.79 Å². The Morgan fingerprint density at radius 2 is 1.85 bits per heavy atom. The molecule has 4 nitrogen and oxygen atoms in total. The number of anilines is 1. The van der Waals surface area contributed by atoms with Gasteiger partial charge in [0.2, 0.25) is 5.91 Å². The molecule has 1 aromatic heterocycles. The highest BCUT2D eigenvalue weighted by atomic mass is 32.1. The van der Waals surface area contributed by atoms with Crippen LogP contribution in [-0.4, -0.2) is 35.9 Å². The number of carbonyl (C=O) groups is 1. The molecule has 26 heavy (non-hydrogen) atoms. The molecule has 1 heterocycles. The summed E-state index contributed by atoms with van der Waals surface area (Å²) in [6.45, 7) is 7.18. The Kier molecular flexibility index (Phi) is 5.69. The highest BCUT2D eigenvalue weighted by Crippen LogP contribution is 2.29. The van der Waals surface area contributed by atoms with E-state index in [0.717, 1.165) is 21.8 Å². The molecule has 0 aliphatic carbocycles. The van der Waals surface area contributed by atoms with Crippen LogP contribution in [0.3, 0.4) is 0 Å². The van der Waals surface area contributed by atoms with Crippen molar-refractivity contribution in [1.29, 1.82) is 0 Å². The summed E-state index contributed by atoms with van der Waals surface area (Å²) >= 11 is 1.70. The predicted octanol–water partition coefficient (Wildman–Crippen LogP) is 4.65. The van der Waals surface area contributed by atoms with Crippen molar-refractivity contribution in [3.05, 3.63) is 59.1 Å². The molecule has 0 aliphatic heterocycles. The molecule has 5 heteroatoms. The van der Waals surface area contributed by atoms with Crippen LogP contribution >= 0.6 is 11.3 Å². The van der Waals surface area contributed by atoms with E-state index in [-0.39, 0.29) is 11.9 Å². The number of benzene rings is 2. The van der Waals surface area contributed by atoms with Crippen LogP contribution in [0.2, 0.25) is 0 Å². The van der Waals surface area contributed by atoms with E-state index in [9.17, 15) is 4.79 Å². The van der Waals surface area contributed by atoms with Crippen LogP contribution in [0.5, 0.6) is 0 Å².